The lowest BCUT2D eigenvalue weighted by Crippen LogP contribution is -2.48. The Labute approximate surface area is 144 Å². The standard InChI is InChI=1S/C17H19N3O3S/c1-23-13-8-6-12(7-9-13)15(11-4-5-11)18-17(22)20-19-16(21)14-3-2-10-24-14/h2-3,6-11,15H,4-5H2,1H3,(H,19,21)(H2,18,20,22)/t15-/m0/s1. The molecule has 0 bridgehead atoms. The molecular formula is C17H19N3O3S. The van der Waals surface area contributed by atoms with Crippen LogP contribution in [0.3, 0.4) is 0 Å². The highest BCUT2D eigenvalue weighted by molar-refractivity contribution is 7.12. The summed E-state index contributed by atoms with van der Waals surface area (Å²) >= 11 is 1.32. The molecular weight excluding hydrogens is 326 g/mol. The van der Waals surface area contributed by atoms with Gasteiger partial charge in [0, 0.05) is 0 Å². The first kappa shape index (κ1) is 16.3. The summed E-state index contributed by atoms with van der Waals surface area (Å²) < 4.78 is 5.16. The Morgan fingerprint density at radius 1 is 1.17 bits per heavy atom. The quantitative estimate of drug-likeness (QED) is 0.729. The number of ether oxygens (including phenoxy) is 1. The first-order valence-electron chi connectivity index (χ1n) is 7.71. The van der Waals surface area contributed by atoms with Crippen molar-refractivity contribution < 1.29 is 14.3 Å². The number of benzene rings is 1. The number of urea groups is 1. The second kappa shape index (κ2) is 7.35. The van der Waals surface area contributed by atoms with Gasteiger partial charge in [0.2, 0.25) is 0 Å². The van der Waals surface area contributed by atoms with Crippen LogP contribution >= 0.6 is 11.3 Å². The van der Waals surface area contributed by atoms with Gasteiger partial charge in [-0.15, -0.1) is 11.3 Å². The van der Waals surface area contributed by atoms with Crippen molar-refractivity contribution in [3.05, 3.63) is 52.2 Å². The van der Waals surface area contributed by atoms with Crippen molar-refractivity contribution in [3.63, 3.8) is 0 Å². The van der Waals surface area contributed by atoms with E-state index in [0.29, 0.717) is 10.8 Å². The third kappa shape index (κ3) is 4.05. The van der Waals surface area contributed by atoms with Crippen LogP contribution in [0.1, 0.15) is 34.1 Å². The van der Waals surface area contributed by atoms with Crippen molar-refractivity contribution in [2.45, 2.75) is 18.9 Å². The highest BCUT2D eigenvalue weighted by Gasteiger charge is 2.33. The Kier molecular flexibility index (Phi) is 5.00. The first-order valence-corrected chi connectivity index (χ1v) is 8.59. The zero-order chi connectivity index (χ0) is 16.9. The van der Waals surface area contributed by atoms with E-state index in [2.05, 4.69) is 16.2 Å². The molecule has 126 valence electrons. The third-order valence-corrected chi connectivity index (χ3v) is 4.76. The van der Waals surface area contributed by atoms with Gasteiger partial charge in [0.1, 0.15) is 5.75 Å². The molecule has 1 fully saturated rings. The van der Waals surface area contributed by atoms with Gasteiger partial charge in [-0.3, -0.25) is 10.2 Å². The predicted molar refractivity (Wildman–Crippen MR) is 91.9 cm³/mol. The van der Waals surface area contributed by atoms with Crippen LogP contribution < -0.4 is 20.9 Å². The van der Waals surface area contributed by atoms with Gasteiger partial charge < -0.3 is 10.1 Å². The van der Waals surface area contributed by atoms with E-state index in [4.69, 9.17) is 4.74 Å². The van der Waals surface area contributed by atoms with Crippen molar-refractivity contribution in [2.24, 2.45) is 5.92 Å². The van der Waals surface area contributed by atoms with Crippen LogP contribution in [0, 0.1) is 5.92 Å². The third-order valence-electron chi connectivity index (χ3n) is 3.89. The molecule has 7 heteroatoms. The van der Waals surface area contributed by atoms with Crippen molar-refractivity contribution in [3.8, 4) is 5.75 Å². The smallest absolute Gasteiger partial charge is 0.333 e. The van der Waals surface area contributed by atoms with Crippen LogP contribution in [0.5, 0.6) is 5.75 Å². The van der Waals surface area contributed by atoms with E-state index in [1.165, 1.54) is 11.3 Å². The van der Waals surface area contributed by atoms with Gasteiger partial charge in [0.15, 0.2) is 0 Å². The van der Waals surface area contributed by atoms with Crippen LogP contribution in [-0.2, 0) is 0 Å². The number of methoxy groups -OCH3 is 1. The maximum absolute atomic E-state index is 12.1. The van der Waals surface area contributed by atoms with Crippen LogP contribution in [-0.4, -0.2) is 19.0 Å². The lowest BCUT2D eigenvalue weighted by Gasteiger charge is -2.19. The summed E-state index contributed by atoms with van der Waals surface area (Å²) in [4.78, 5) is 24.5. The molecule has 24 heavy (non-hydrogen) atoms. The molecule has 0 radical (unpaired) electrons. The molecule has 1 aliphatic carbocycles. The number of hydrazine groups is 1. The number of carbonyl (C=O) groups excluding carboxylic acids is 2. The molecule has 1 atom stereocenters. The fourth-order valence-corrected chi connectivity index (χ4v) is 3.09. The lowest BCUT2D eigenvalue weighted by atomic mass is 10.0. The van der Waals surface area contributed by atoms with Crippen LogP contribution in [0.15, 0.2) is 41.8 Å². The number of nitrogens with one attached hydrogen (secondary N) is 3. The number of hydrogen-bond donors (Lipinski definition) is 3. The van der Waals surface area contributed by atoms with Crippen molar-refractivity contribution in [2.75, 3.05) is 7.11 Å². The highest BCUT2D eigenvalue weighted by atomic mass is 32.1. The lowest BCUT2D eigenvalue weighted by molar-refractivity contribution is 0.0940. The van der Waals surface area contributed by atoms with E-state index in [9.17, 15) is 9.59 Å². The van der Waals surface area contributed by atoms with E-state index in [0.717, 1.165) is 24.2 Å². The summed E-state index contributed by atoms with van der Waals surface area (Å²) in [5.41, 5.74) is 5.84. The van der Waals surface area contributed by atoms with Gasteiger partial charge >= 0.3 is 6.03 Å². The SMILES string of the molecule is COc1ccc([C@@H](NC(=O)NNC(=O)c2cccs2)C2CC2)cc1. The maximum Gasteiger partial charge on any atom is 0.333 e. The number of thiophene rings is 1. The summed E-state index contributed by atoms with van der Waals surface area (Å²) in [6.07, 6.45) is 2.16. The topological polar surface area (TPSA) is 79.5 Å². The number of hydrogen-bond acceptors (Lipinski definition) is 4. The molecule has 0 unspecified atom stereocenters. The van der Waals surface area contributed by atoms with Crippen molar-refractivity contribution >= 4 is 23.3 Å². The first-order chi connectivity index (χ1) is 11.7. The van der Waals surface area contributed by atoms with Crippen LogP contribution in [0.4, 0.5) is 4.79 Å². The summed E-state index contributed by atoms with van der Waals surface area (Å²) in [6.45, 7) is 0. The van der Waals surface area contributed by atoms with Gasteiger partial charge in [0.25, 0.3) is 5.91 Å². The Morgan fingerprint density at radius 2 is 1.92 bits per heavy atom. The summed E-state index contributed by atoms with van der Waals surface area (Å²) in [5.74, 6) is 0.880. The number of rotatable bonds is 5. The van der Waals surface area contributed by atoms with Gasteiger partial charge in [0.05, 0.1) is 18.0 Å². The Balaban J connectivity index is 1.57. The molecule has 3 rings (SSSR count). The molecule has 6 nitrogen and oxygen atoms in total. The molecule has 1 aromatic carbocycles. The fraction of sp³-hybridized carbons (Fsp3) is 0.294. The van der Waals surface area contributed by atoms with E-state index >= 15 is 0 Å². The van der Waals surface area contributed by atoms with Gasteiger partial charge in [-0.1, -0.05) is 18.2 Å². The van der Waals surface area contributed by atoms with Crippen molar-refractivity contribution in [1.29, 1.82) is 0 Å². The zero-order valence-electron chi connectivity index (χ0n) is 13.2. The van der Waals surface area contributed by atoms with E-state index in [1.807, 2.05) is 29.6 Å². The average molecular weight is 345 g/mol. The molecule has 0 spiro atoms. The maximum atomic E-state index is 12.1. The van der Waals surface area contributed by atoms with Gasteiger partial charge in [-0.05, 0) is 47.9 Å². The summed E-state index contributed by atoms with van der Waals surface area (Å²) in [6, 6.07) is 10.6. The number of amides is 3. The van der Waals surface area contributed by atoms with E-state index < -0.39 is 6.03 Å². The minimum absolute atomic E-state index is 0.0745. The van der Waals surface area contributed by atoms with Gasteiger partial charge in [-0.2, -0.15) is 0 Å². The minimum Gasteiger partial charge on any atom is -0.497 e. The number of carbonyl (C=O) groups is 2. The predicted octanol–water partition coefficient (Wildman–Crippen LogP) is 2.85. The molecule has 1 aromatic heterocycles. The Hall–Kier alpha value is -2.54. The summed E-state index contributed by atoms with van der Waals surface area (Å²) in [7, 11) is 1.62. The van der Waals surface area contributed by atoms with Gasteiger partial charge in [-0.25, -0.2) is 10.2 Å². The normalized spacial score (nSPS) is 14.5. The van der Waals surface area contributed by atoms with Crippen LogP contribution in [0.2, 0.25) is 0 Å². The fourth-order valence-electron chi connectivity index (χ4n) is 2.47. The highest BCUT2D eigenvalue weighted by Crippen LogP contribution is 2.41. The molecule has 0 aliphatic heterocycles. The molecule has 0 saturated heterocycles. The Morgan fingerprint density at radius 3 is 2.50 bits per heavy atom. The largest absolute Gasteiger partial charge is 0.497 e. The second-order valence-electron chi connectivity index (χ2n) is 5.62. The minimum atomic E-state index is -0.423. The molecule has 1 heterocycles. The van der Waals surface area contributed by atoms with Crippen LogP contribution in [0.25, 0.3) is 0 Å². The summed E-state index contributed by atoms with van der Waals surface area (Å²) in [5, 5.41) is 4.74. The second-order valence-corrected chi connectivity index (χ2v) is 6.57. The Bertz CT molecular complexity index is 696. The molecule has 3 N–H and O–H groups in total. The van der Waals surface area contributed by atoms with E-state index in [1.54, 1.807) is 19.2 Å². The molecule has 2 aromatic rings. The van der Waals surface area contributed by atoms with E-state index in [-0.39, 0.29) is 11.9 Å². The molecule has 1 aliphatic rings. The average Bonchev–Trinajstić information content (AvgIpc) is 3.30. The molecule has 3 amide bonds. The molecule has 1 saturated carbocycles. The monoisotopic (exact) mass is 345 g/mol. The van der Waals surface area contributed by atoms with Crippen molar-refractivity contribution in [1.82, 2.24) is 16.2 Å². The zero-order valence-corrected chi connectivity index (χ0v) is 14.1.